The molecule has 1 unspecified atom stereocenters. The van der Waals surface area contributed by atoms with E-state index in [9.17, 15) is 0 Å². The maximum atomic E-state index is 5.30. The summed E-state index contributed by atoms with van der Waals surface area (Å²) in [6.07, 6.45) is 2.01. The van der Waals surface area contributed by atoms with Crippen molar-refractivity contribution < 1.29 is 9.47 Å². The molecule has 4 heteroatoms. The lowest BCUT2D eigenvalue weighted by atomic mass is 10.2. The van der Waals surface area contributed by atoms with Gasteiger partial charge in [0.25, 0.3) is 0 Å². The van der Waals surface area contributed by atoms with Crippen molar-refractivity contribution in [3.8, 4) is 0 Å². The van der Waals surface area contributed by atoms with Crippen LogP contribution in [0.15, 0.2) is 0 Å². The van der Waals surface area contributed by atoms with E-state index in [0.29, 0.717) is 6.61 Å². The first-order valence-corrected chi connectivity index (χ1v) is 4.38. The van der Waals surface area contributed by atoms with Crippen LogP contribution in [0.4, 0.5) is 0 Å². The van der Waals surface area contributed by atoms with Crippen LogP contribution in [0.5, 0.6) is 0 Å². The molecule has 0 heterocycles. The molecule has 0 aromatic rings. The Morgan fingerprint density at radius 1 is 1.50 bits per heavy atom. The minimum Gasteiger partial charge on any atom is -0.383 e. The lowest BCUT2D eigenvalue weighted by Crippen LogP contribution is -2.38. The normalized spacial score (nSPS) is 13.2. The standard InChI is InChI=1S/C8H20N2O2/c1-3-12-6-4-5-8(10-9)7-11-2/h8,10H,3-7,9H2,1-2H3. The van der Waals surface area contributed by atoms with Crippen molar-refractivity contribution >= 4 is 0 Å². The van der Waals surface area contributed by atoms with Crippen LogP contribution in [0.25, 0.3) is 0 Å². The number of nitrogens with two attached hydrogens (primary N) is 1. The van der Waals surface area contributed by atoms with Crippen LogP contribution in [0.2, 0.25) is 0 Å². The molecule has 0 rings (SSSR count). The summed E-state index contributed by atoms with van der Waals surface area (Å²) in [5.41, 5.74) is 2.70. The van der Waals surface area contributed by atoms with E-state index in [4.69, 9.17) is 15.3 Å². The molecule has 0 aromatic carbocycles. The van der Waals surface area contributed by atoms with Gasteiger partial charge in [0.15, 0.2) is 0 Å². The van der Waals surface area contributed by atoms with Crippen molar-refractivity contribution in [1.29, 1.82) is 0 Å². The smallest absolute Gasteiger partial charge is 0.0629 e. The molecule has 12 heavy (non-hydrogen) atoms. The van der Waals surface area contributed by atoms with Gasteiger partial charge in [-0.25, -0.2) is 0 Å². The fourth-order valence-electron chi connectivity index (χ4n) is 0.992. The van der Waals surface area contributed by atoms with Crippen LogP contribution in [0, 0.1) is 0 Å². The van der Waals surface area contributed by atoms with Crippen molar-refractivity contribution in [3.05, 3.63) is 0 Å². The third-order valence-electron chi connectivity index (χ3n) is 1.65. The average Bonchev–Trinajstić information content (AvgIpc) is 2.10. The Morgan fingerprint density at radius 2 is 2.25 bits per heavy atom. The lowest BCUT2D eigenvalue weighted by molar-refractivity contribution is 0.127. The molecule has 4 nitrogen and oxygen atoms in total. The first-order chi connectivity index (χ1) is 5.85. The maximum absolute atomic E-state index is 5.30. The van der Waals surface area contributed by atoms with Gasteiger partial charge in [-0.15, -0.1) is 0 Å². The predicted molar refractivity (Wildman–Crippen MR) is 48.7 cm³/mol. The maximum Gasteiger partial charge on any atom is 0.0629 e. The number of hydrogen-bond acceptors (Lipinski definition) is 4. The summed E-state index contributed by atoms with van der Waals surface area (Å²) >= 11 is 0. The molecule has 0 fully saturated rings. The minimum atomic E-state index is 0.246. The van der Waals surface area contributed by atoms with Crippen LogP contribution >= 0.6 is 0 Å². The molecular weight excluding hydrogens is 156 g/mol. The van der Waals surface area contributed by atoms with Crippen LogP contribution in [0.3, 0.4) is 0 Å². The molecule has 74 valence electrons. The highest BCUT2D eigenvalue weighted by Crippen LogP contribution is 1.96. The first-order valence-electron chi connectivity index (χ1n) is 4.38. The molecule has 0 radical (unpaired) electrons. The highest BCUT2D eigenvalue weighted by atomic mass is 16.5. The van der Waals surface area contributed by atoms with E-state index in [1.807, 2.05) is 6.92 Å². The Labute approximate surface area is 74.4 Å². The van der Waals surface area contributed by atoms with E-state index in [-0.39, 0.29) is 6.04 Å². The predicted octanol–water partition coefficient (Wildman–Crippen LogP) is 0.281. The molecule has 0 aliphatic heterocycles. The monoisotopic (exact) mass is 176 g/mol. The zero-order chi connectivity index (χ0) is 9.23. The van der Waals surface area contributed by atoms with Crippen molar-refractivity contribution in [2.75, 3.05) is 26.9 Å². The van der Waals surface area contributed by atoms with Crippen LogP contribution in [-0.2, 0) is 9.47 Å². The topological polar surface area (TPSA) is 56.5 Å². The second-order valence-electron chi connectivity index (χ2n) is 2.66. The fourth-order valence-corrected chi connectivity index (χ4v) is 0.992. The highest BCUT2D eigenvalue weighted by Gasteiger charge is 2.04. The Balaban J connectivity index is 3.19. The van der Waals surface area contributed by atoms with Gasteiger partial charge in [0.05, 0.1) is 6.61 Å². The molecule has 3 N–H and O–H groups in total. The van der Waals surface area contributed by atoms with E-state index in [1.54, 1.807) is 7.11 Å². The molecule has 0 saturated carbocycles. The first kappa shape index (κ1) is 11.8. The van der Waals surface area contributed by atoms with Gasteiger partial charge >= 0.3 is 0 Å². The van der Waals surface area contributed by atoms with Gasteiger partial charge in [0.2, 0.25) is 0 Å². The van der Waals surface area contributed by atoms with Crippen LogP contribution < -0.4 is 11.3 Å². The van der Waals surface area contributed by atoms with Gasteiger partial charge in [-0.1, -0.05) is 0 Å². The van der Waals surface area contributed by atoms with E-state index in [2.05, 4.69) is 5.43 Å². The van der Waals surface area contributed by atoms with E-state index >= 15 is 0 Å². The third kappa shape index (κ3) is 6.54. The molecule has 0 amide bonds. The zero-order valence-corrected chi connectivity index (χ0v) is 8.01. The van der Waals surface area contributed by atoms with Gasteiger partial charge in [0.1, 0.15) is 0 Å². The Bertz CT molecular complexity index is 91.1. The Hall–Kier alpha value is -0.160. The summed E-state index contributed by atoms with van der Waals surface area (Å²) in [7, 11) is 1.67. The van der Waals surface area contributed by atoms with Crippen molar-refractivity contribution in [3.63, 3.8) is 0 Å². The van der Waals surface area contributed by atoms with Crippen molar-refractivity contribution in [2.45, 2.75) is 25.8 Å². The zero-order valence-electron chi connectivity index (χ0n) is 8.01. The number of nitrogens with one attached hydrogen (secondary N) is 1. The summed E-state index contributed by atoms with van der Waals surface area (Å²) in [4.78, 5) is 0. The van der Waals surface area contributed by atoms with E-state index in [0.717, 1.165) is 26.1 Å². The molecule has 0 saturated heterocycles. The summed E-state index contributed by atoms with van der Waals surface area (Å²) in [5, 5.41) is 0. The third-order valence-corrected chi connectivity index (χ3v) is 1.65. The van der Waals surface area contributed by atoms with Gasteiger partial charge in [-0.2, -0.15) is 0 Å². The number of hydrogen-bond donors (Lipinski definition) is 2. The number of ether oxygens (including phenoxy) is 2. The van der Waals surface area contributed by atoms with E-state index < -0.39 is 0 Å². The molecule has 0 aromatic heterocycles. The van der Waals surface area contributed by atoms with Gasteiger partial charge in [-0.05, 0) is 19.8 Å². The fraction of sp³-hybridized carbons (Fsp3) is 1.00. The summed E-state index contributed by atoms with van der Waals surface area (Å²) in [6.45, 7) is 4.24. The molecule has 0 spiro atoms. The Kier molecular flexibility index (Phi) is 8.81. The second kappa shape index (κ2) is 8.93. The van der Waals surface area contributed by atoms with Crippen LogP contribution in [0.1, 0.15) is 19.8 Å². The molecule has 0 bridgehead atoms. The Morgan fingerprint density at radius 3 is 2.75 bits per heavy atom. The average molecular weight is 176 g/mol. The minimum absolute atomic E-state index is 0.246. The summed E-state index contributed by atoms with van der Waals surface area (Å²) in [6, 6.07) is 0.246. The largest absolute Gasteiger partial charge is 0.383 e. The molecular formula is C8H20N2O2. The second-order valence-corrected chi connectivity index (χ2v) is 2.66. The van der Waals surface area contributed by atoms with Crippen molar-refractivity contribution in [2.24, 2.45) is 5.84 Å². The molecule has 1 atom stereocenters. The lowest BCUT2D eigenvalue weighted by Gasteiger charge is -2.13. The van der Waals surface area contributed by atoms with Crippen LogP contribution in [-0.4, -0.2) is 33.0 Å². The van der Waals surface area contributed by atoms with E-state index in [1.165, 1.54) is 0 Å². The number of rotatable bonds is 8. The molecule has 0 aliphatic carbocycles. The summed E-state index contributed by atoms with van der Waals surface area (Å²) in [5.74, 6) is 5.30. The molecule has 0 aliphatic rings. The van der Waals surface area contributed by atoms with Gasteiger partial charge in [0, 0.05) is 26.4 Å². The van der Waals surface area contributed by atoms with Crippen molar-refractivity contribution in [1.82, 2.24) is 5.43 Å². The van der Waals surface area contributed by atoms with Gasteiger partial charge < -0.3 is 9.47 Å². The quantitative estimate of drug-likeness (QED) is 0.317. The number of methoxy groups -OCH3 is 1. The van der Waals surface area contributed by atoms with Gasteiger partial charge in [-0.3, -0.25) is 11.3 Å². The number of hydrazine groups is 1. The SMILES string of the molecule is CCOCCCC(COC)NN. The highest BCUT2D eigenvalue weighted by molar-refractivity contribution is 4.61. The summed E-state index contributed by atoms with van der Waals surface area (Å²) < 4.78 is 10.2.